The van der Waals surface area contributed by atoms with Crippen molar-refractivity contribution in [2.45, 2.75) is 174 Å². The van der Waals surface area contributed by atoms with Crippen LogP contribution in [0.15, 0.2) is 12.1 Å². The molecule has 0 aromatic heterocycles. The predicted molar refractivity (Wildman–Crippen MR) is 211 cm³/mol. The molecule has 4 aliphatic heterocycles. The molecule has 10 heteroatoms. The number of phenols is 2. The van der Waals surface area contributed by atoms with Crippen LogP contribution in [0.4, 0.5) is 0 Å². The highest BCUT2D eigenvalue weighted by Gasteiger charge is 2.70. The van der Waals surface area contributed by atoms with Gasteiger partial charge in [0.2, 0.25) is 0 Å². The summed E-state index contributed by atoms with van der Waals surface area (Å²) >= 11 is 0. The highest BCUT2D eigenvalue weighted by Crippen LogP contribution is 2.70. The molecule has 0 unspecified atom stereocenters. The van der Waals surface area contributed by atoms with E-state index in [9.17, 15) is 30.6 Å². The van der Waals surface area contributed by atoms with Gasteiger partial charge in [0.1, 0.15) is 46.4 Å². The van der Waals surface area contributed by atoms with Gasteiger partial charge in [-0.2, -0.15) is 0 Å². The lowest BCUT2D eigenvalue weighted by atomic mass is 9.43. The van der Waals surface area contributed by atoms with Gasteiger partial charge in [0.25, 0.3) is 0 Å². The van der Waals surface area contributed by atoms with Crippen molar-refractivity contribution in [3.63, 3.8) is 0 Å². The Hall–Kier alpha value is -2.60. The van der Waals surface area contributed by atoms with Crippen molar-refractivity contribution in [1.82, 2.24) is 0 Å². The lowest BCUT2D eigenvalue weighted by Crippen LogP contribution is -2.69. The maximum Gasteiger partial charge on any atom is 0.163 e. The third kappa shape index (κ3) is 4.69. The van der Waals surface area contributed by atoms with E-state index in [1.807, 2.05) is 0 Å². The van der Waals surface area contributed by atoms with E-state index < -0.39 is 58.8 Å². The van der Waals surface area contributed by atoms with Crippen molar-refractivity contribution in [2.24, 2.45) is 45.3 Å². The number of aliphatic hydroxyl groups is 4. The first-order valence-corrected chi connectivity index (χ1v) is 21.8. The summed E-state index contributed by atoms with van der Waals surface area (Å²) < 4.78 is 28.1. The van der Waals surface area contributed by atoms with Crippen LogP contribution in [0.25, 0.3) is 0 Å². The fourth-order valence-corrected chi connectivity index (χ4v) is 15.3. The van der Waals surface area contributed by atoms with Gasteiger partial charge >= 0.3 is 0 Å². The number of ether oxygens (including phenoxy) is 4. The summed E-state index contributed by atoms with van der Waals surface area (Å²) in [6.45, 7) is 17.6. The van der Waals surface area contributed by atoms with Gasteiger partial charge in [-0.25, -0.2) is 0 Å². The van der Waals surface area contributed by atoms with Gasteiger partial charge in [-0.15, -0.1) is 0 Å². The van der Waals surface area contributed by atoms with E-state index in [1.165, 1.54) is 0 Å². The minimum atomic E-state index is -1.22. The Bertz CT molecular complexity index is 2030. The first-order valence-electron chi connectivity index (χ1n) is 21.8. The Labute approximate surface area is 336 Å². The van der Waals surface area contributed by atoms with E-state index >= 15 is 0 Å². The first kappa shape index (κ1) is 38.6. The predicted octanol–water partition coefficient (Wildman–Crippen LogP) is 7.09. The Morgan fingerprint density at radius 1 is 0.684 bits per heavy atom. The van der Waals surface area contributed by atoms with Crippen molar-refractivity contribution in [1.29, 1.82) is 0 Å². The average molecular weight is 789 g/mol. The number of rotatable bonds is 0. The van der Waals surface area contributed by atoms with E-state index in [0.29, 0.717) is 59.4 Å². The van der Waals surface area contributed by atoms with Crippen LogP contribution in [0.1, 0.15) is 146 Å². The molecule has 8 aliphatic rings. The first-order chi connectivity index (χ1) is 26.7. The number of fused-ring (bicyclic) bond motifs is 13. The molecule has 14 atom stereocenters. The van der Waals surface area contributed by atoms with Gasteiger partial charge in [0, 0.05) is 52.3 Å². The fraction of sp³-hybridized carbons (Fsp3) is 0.745. The van der Waals surface area contributed by atoms with Crippen LogP contribution in [-0.2, 0) is 35.3 Å². The van der Waals surface area contributed by atoms with Crippen LogP contribution in [0, 0.1) is 45.3 Å². The van der Waals surface area contributed by atoms with Crippen LogP contribution >= 0.6 is 0 Å². The zero-order chi connectivity index (χ0) is 40.6. The van der Waals surface area contributed by atoms with Gasteiger partial charge < -0.3 is 49.6 Å². The Morgan fingerprint density at radius 2 is 1.28 bits per heavy atom. The number of benzene rings is 2. The van der Waals surface area contributed by atoms with Crippen LogP contribution in [-0.4, -0.2) is 66.4 Å². The van der Waals surface area contributed by atoms with E-state index in [4.69, 9.17) is 18.9 Å². The number of aliphatic hydroxyl groups excluding tert-OH is 4. The molecule has 4 saturated carbocycles. The number of hydrogen-bond acceptors (Lipinski definition) is 10. The molecule has 2 bridgehead atoms. The number of hydrogen-bond donors (Lipinski definition) is 6. The maximum atomic E-state index is 12.6. The second kappa shape index (κ2) is 12.0. The zero-order valence-corrected chi connectivity index (χ0v) is 35.0. The molecule has 0 saturated heterocycles. The van der Waals surface area contributed by atoms with E-state index in [0.717, 1.165) is 43.2 Å². The molecule has 2 aromatic carbocycles. The van der Waals surface area contributed by atoms with E-state index in [1.54, 1.807) is 12.1 Å². The van der Waals surface area contributed by atoms with E-state index in [2.05, 4.69) is 55.4 Å². The van der Waals surface area contributed by atoms with Crippen molar-refractivity contribution in [3.8, 4) is 23.0 Å². The van der Waals surface area contributed by atoms with Crippen molar-refractivity contribution >= 4 is 0 Å². The van der Waals surface area contributed by atoms with Crippen molar-refractivity contribution in [2.75, 3.05) is 0 Å². The second-order valence-electron chi connectivity index (χ2n) is 21.6. The van der Waals surface area contributed by atoms with Crippen LogP contribution < -0.4 is 9.47 Å². The summed E-state index contributed by atoms with van der Waals surface area (Å²) in [6.07, 6.45) is 1.84. The normalized spacial score (nSPS) is 46.0. The summed E-state index contributed by atoms with van der Waals surface area (Å²) in [5, 5.41) is 70.0. The van der Waals surface area contributed by atoms with Gasteiger partial charge in [-0.05, 0) is 103 Å². The molecule has 10 rings (SSSR count). The second-order valence-corrected chi connectivity index (χ2v) is 21.6. The smallest absolute Gasteiger partial charge is 0.163 e. The third-order valence-corrected chi connectivity index (χ3v) is 18.6. The number of phenolic OH excluding ortho intramolecular Hbond substituents is 2. The molecule has 312 valence electrons. The highest BCUT2D eigenvalue weighted by molar-refractivity contribution is 5.62. The summed E-state index contributed by atoms with van der Waals surface area (Å²) in [5.74, 6) is 1.91. The molecule has 4 aliphatic carbocycles. The van der Waals surface area contributed by atoms with Gasteiger partial charge in [0.15, 0.2) is 6.29 Å². The fourth-order valence-electron chi connectivity index (χ4n) is 15.3. The molecule has 0 radical (unpaired) electrons. The standard InChI is InChI=1S/C47H64O10/c1-22-9-11-32-42(3,4)34(51)13-14-44(32,7)46(22)19-28-29(48)15-24-21-54-35-17-26-25(37(52)40(55-35)36(24)39(28)57-46)16-30(49)27-18-47(56-38(26)27)23(2)10-12-33-43(5,6)41(53)31(50)20-45(33,47)8/h15-16,22-23,31-35,37,40-41,48-53H,9-14,17-21H2,1-8H3/t22-,23-,31-,32+,33+,34-,35+,37+,40+,41-,44+,45+,46-,47-/m1/s1. The lowest BCUT2D eigenvalue weighted by Gasteiger charge is -2.64. The summed E-state index contributed by atoms with van der Waals surface area (Å²) in [4.78, 5) is 0. The monoisotopic (exact) mass is 788 g/mol. The minimum Gasteiger partial charge on any atom is -0.508 e. The average Bonchev–Trinajstić information content (AvgIpc) is 3.68. The number of aromatic hydroxyl groups is 2. The molecular weight excluding hydrogens is 725 g/mol. The lowest BCUT2D eigenvalue weighted by molar-refractivity contribution is -0.240. The largest absolute Gasteiger partial charge is 0.508 e. The minimum absolute atomic E-state index is 0.0619. The Morgan fingerprint density at radius 3 is 1.96 bits per heavy atom. The molecule has 2 spiro atoms. The van der Waals surface area contributed by atoms with Gasteiger partial charge in [0.05, 0.1) is 24.9 Å². The third-order valence-electron chi connectivity index (χ3n) is 18.6. The molecule has 4 heterocycles. The molecule has 57 heavy (non-hydrogen) atoms. The van der Waals surface area contributed by atoms with Crippen LogP contribution in [0.5, 0.6) is 23.0 Å². The summed E-state index contributed by atoms with van der Waals surface area (Å²) in [7, 11) is 0. The maximum absolute atomic E-state index is 12.6. The zero-order valence-electron chi connectivity index (χ0n) is 35.0. The molecule has 6 N–H and O–H groups in total. The SMILES string of the molecule is C[C@@H]1CC[C@H]2C(C)(C)[C@H](O)CC[C@]2(C)[C@@]12Cc1c(O)cc3c(c1O2)[C@@H]1O[C@@H](Cc2c(cc(O)c4c2O[C@]2(C4)[C@H](C)CC[C@H]4C(C)(C)[C@H](O)[C@H](O)C[C@@]42C)[C@@H]1O)OC3. The molecule has 2 aromatic rings. The van der Waals surface area contributed by atoms with Gasteiger partial charge in [-0.1, -0.05) is 55.4 Å². The molecule has 4 fully saturated rings. The van der Waals surface area contributed by atoms with Crippen LogP contribution in [0.2, 0.25) is 0 Å². The van der Waals surface area contributed by atoms with Gasteiger partial charge in [-0.3, -0.25) is 0 Å². The van der Waals surface area contributed by atoms with E-state index in [-0.39, 0.29) is 59.0 Å². The summed E-state index contributed by atoms with van der Waals surface area (Å²) in [6, 6.07) is 3.45. The topological polar surface area (TPSA) is 158 Å². The van der Waals surface area contributed by atoms with Crippen molar-refractivity contribution in [3.05, 3.63) is 45.5 Å². The Balaban J connectivity index is 1.06. The van der Waals surface area contributed by atoms with Crippen molar-refractivity contribution < 1.29 is 49.6 Å². The Kier molecular flexibility index (Phi) is 8.15. The molecular formula is C47H64O10. The molecule has 0 amide bonds. The van der Waals surface area contributed by atoms with Crippen LogP contribution in [0.3, 0.4) is 0 Å². The quantitative estimate of drug-likeness (QED) is 0.163. The molecule has 10 nitrogen and oxygen atoms in total. The summed E-state index contributed by atoms with van der Waals surface area (Å²) in [5.41, 5.74) is 1.07. The highest BCUT2D eigenvalue weighted by atomic mass is 16.7.